The lowest BCUT2D eigenvalue weighted by Gasteiger charge is -2.14. The van der Waals surface area contributed by atoms with Gasteiger partial charge in [0.05, 0.1) is 0 Å². The van der Waals surface area contributed by atoms with Crippen molar-refractivity contribution in [2.45, 2.75) is 20.0 Å². The van der Waals surface area contributed by atoms with Crippen LogP contribution in [0.4, 0.5) is 5.82 Å². The Morgan fingerprint density at radius 3 is 2.50 bits per heavy atom. The largest absolute Gasteiger partial charge is 0.481 e. The third-order valence-corrected chi connectivity index (χ3v) is 2.83. The Bertz CT molecular complexity index is 608. The molecule has 5 nitrogen and oxygen atoms in total. The van der Waals surface area contributed by atoms with E-state index in [4.69, 9.17) is 32.5 Å². The number of hydrogen-bond acceptors (Lipinski definition) is 4. The van der Waals surface area contributed by atoms with E-state index >= 15 is 0 Å². The first-order chi connectivity index (χ1) is 9.44. The van der Waals surface area contributed by atoms with Gasteiger partial charge in [-0.3, -0.25) is 4.79 Å². The quantitative estimate of drug-likeness (QED) is 0.934. The summed E-state index contributed by atoms with van der Waals surface area (Å²) in [5.41, 5.74) is 0. The summed E-state index contributed by atoms with van der Waals surface area (Å²) in [6.45, 7) is 3.34. The van der Waals surface area contributed by atoms with Crippen LogP contribution in [-0.4, -0.2) is 17.2 Å². The van der Waals surface area contributed by atoms with Crippen LogP contribution in [0, 0.1) is 6.92 Å². The first kappa shape index (κ1) is 14.7. The van der Waals surface area contributed by atoms with Gasteiger partial charge in [0, 0.05) is 16.1 Å². The number of amides is 1. The highest BCUT2D eigenvalue weighted by atomic mass is 35.5. The van der Waals surface area contributed by atoms with E-state index < -0.39 is 6.10 Å². The lowest BCUT2D eigenvalue weighted by atomic mass is 10.3. The molecule has 7 heteroatoms. The molecule has 0 saturated heterocycles. The summed E-state index contributed by atoms with van der Waals surface area (Å²) in [6, 6.07) is 6.36. The molecule has 1 amide bonds. The van der Waals surface area contributed by atoms with E-state index in [9.17, 15) is 4.79 Å². The zero-order valence-corrected chi connectivity index (χ0v) is 12.3. The van der Waals surface area contributed by atoms with Gasteiger partial charge in [-0.15, -0.1) is 0 Å². The average Bonchev–Trinajstić information content (AvgIpc) is 2.73. The van der Waals surface area contributed by atoms with E-state index in [1.165, 1.54) is 0 Å². The Hall–Kier alpha value is -1.72. The summed E-state index contributed by atoms with van der Waals surface area (Å²) in [5.74, 6) is 1.01. The number of anilines is 1. The van der Waals surface area contributed by atoms with Crippen LogP contribution < -0.4 is 10.1 Å². The highest BCUT2D eigenvalue weighted by Crippen LogP contribution is 2.25. The Kier molecular flexibility index (Phi) is 4.52. The second-order valence-electron chi connectivity index (χ2n) is 4.18. The van der Waals surface area contributed by atoms with E-state index in [1.807, 2.05) is 0 Å². The fraction of sp³-hybridized carbons (Fsp3) is 0.231. The van der Waals surface area contributed by atoms with Crippen LogP contribution in [0.5, 0.6) is 5.75 Å². The Labute approximate surface area is 125 Å². The summed E-state index contributed by atoms with van der Waals surface area (Å²) >= 11 is 11.7. The number of aryl methyl sites for hydroxylation is 1. The molecule has 1 unspecified atom stereocenters. The number of carbonyl (C=O) groups excluding carboxylic acids is 1. The molecule has 0 fully saturated rings. The molecule has 0 bridgehead atoms. The van der Waals surface area contributed by atoms with Gasteiger partial charge in [-0.2, -0.15) is 0 Å². The summed E-state index contributed by atoms with van der Waals surface area (Å²) < 4.78 is 10.3. The minimum Gasteiger partial charge on any atom is -0.481 e. The lowest BCUT2D eigenvalue weighted by molar-refractivity contribution is -0.122. The van der Waals surface area contributed by atoms with Gasteiger partial charge in [-0.25, -0.2) is 0 Å². The van der Waals surface area contributed by atoms with Crippen molar-refractivity contribution in [1.82, 2.24) is 5.16 Å². The van der Waals surface area contributed by atoms with Crippen molar-refractivity contribution >= 4 is 34.9 Å². The molecule has 1 heterocycles. The van der Waals surface area contributed by atoms with E-state index in [0.717, 1.165) is 0 Å². The number of hydrogen-bond donors (Lipinski definition) is 1. The number of nitrogens with zero attached hydrogens (tertiary/aromatic N) is 1. The van der Waals surface area contributed by atoms with Gasteiger partial charge in [0.1, 0.15) is 11.5 Å². The van der Waals surface area contributed by atoms with Crippen LogP contribution >= 0.6 is 23.2 Å². The molecule has 106 valence electrons. The minimum atomic E-state index is -0.735. The third kappa shape index (κ3) is 3.88. The second-order valence-corrected chi connectivity index (χ2v) is 5.05. The van der Waals surface area contributed by atoms with Crippen molar-refractivity contribution in [1.29, 1.82) is 0 Å². The topological polar surface area (TPSA) is 64.4 Å². The number of benzene rings is 1. The minimum absolute atomic E-state index is 0.340. The highest BCUT2D eigenvalue weighted by molar-refractivity contribution is 6.34. The predicted molar refractivity (Wildman–Crippen MR) is 76.4 cm³/mol. The van der Waals surface area contributed by atoms with Crippen LogP contribution in [-0.2, 0) is 4.79 Å². The summed E-state index contributed by atoms with van der Waals surface area (Å²) in [4.78, 5) is 11.9. The number of ether oxygens (including phenoxy) is 1. The molecule has 0 aliphatic rings. The van der Waals surface area contributed by atoms with Gasteiger partial charge in [0.15, 0.2) is 11.9 Å². The van der Waals surface area contributed by atoms with E-state index in [0.29, 0.717) is 27.4 Å². The van der Waals surface area contributed by atoms with Gasteiger partial charge in [0.2, 0.25) is 0 Å². The van der Waals surface area contributed by atoms with Crippen molar-refractivity contribution < 1.29 is 14.1 Å². The van der Waals surface area contributed by atoms with Crippen molar-refractivity contribution in [3.63, 3.8) is 0 Å². The number of nitrogens with one attached hydrogen (secondary N) is 1. The SMILES string of the molecule is Cc1cc(NC(=O)C(C)Oc2cc(Cl)cc(Cl)c2)no1. The molecule has 0 saturated carbocycles. The highest BCUT2D eigenvalue weighted by Gasteiger charge is 2.16. The first-order valence-electron chi connectivity index (χ1n) is 5.81. The smallest absolute Gasteiger partial charge is 0.266 e. The summed E-state index contributed by atoms with van der Waals surface area (Å²) in [5, 5.41) is 7.12. The fourth-order valence-corrected chi connectivity index (χ4v) is 2.01. The molecule has 0 radical (unpaired) electrons. The Balaban J connectivity index is 2.00. The Morgan fingerprint density at radius 1 is 1.30 bits per heavy atom. The number of carbonyl (C=O) groups is 1. The van der Waals surface area contributed by atoms with Crippen molar-refractivity contribution in [2.75, 3.05) is 5.32 Å². The molecule has 1 aromatic carbocycles. The van der Waals surface area contributed by atoms with Crippen LogP contribution in [0.3, 0.4) is 0 Å². The molecule has 0 spiro atoms. The molecular formula is C13H12Cl2N2O3. The van der Waals surface area contributed by atoms with Gasteiger partial charge >= 0.3 is 0 Å². The Morgan fingerprint density at radius 2 is 1.95 bits per heavy atom. The summed E-state index contributed by atoms with van der Waals surface area (Å²) in [6.07, 6.45) is -0.735. The lowest BCUT2D eigenvalue weighted by Crippen LogP contribution is -2.30. The molecular weight excluding hydrogens is 303 g/mol. The van der Waals surface area contributed by atoms with Crippen LogP contribution in [0.1, 0.15) is 12.7 Å². The van der Waals surface area contributed by atoms with E-state index in [-0.39, 0.29) is 5.91 Å². The fourth-order valence-electron chi connectivity index (χ4n) is 1.51. The maximum atomic E-state index is 11.9. The van der Waals surface area contributed by atoms with Crippen molar-refractivity contribution in [3.8, 4) is 5.75 Å². The standard InChI is InChI=1S/C13H12Cl2N2O3/c1-7-3-12(17-20-7)16-13(18)8(2)19-11-5-9(14)4-10(15)6-11/h3-6,8H,1-2H3,(H,16,17,18). The van der Waals surface area contributed by atoms with Crippen molar-refractivity contribution in [3.05, 3.63) is 40.1 Å². The van der Waals surface area contributed by atoms with Crippen LogP contribution in [0.2, 0.25) is 10.0 Å². The van der Waals surface area contributed by atoms with E-state index in [1.54, 1.807) is 38.1 Å². The average molecular weight is 315 g/mol. The molecule has 1 atom stereocenters. The number of halogens is 2. The van der Waals surface area contributed by atoms with Gasteiger partial charge < -0.3 is 14.6 Å². The number of rotatable bonds is 4. The molecule has 0 aliphatic carbocycles. The second kappa shape index (κ2) is 6.15. The normalized spacial score (nSPS) is 12.0. The predicted octanol–water partition coefficient (Wildman–Crippen LogP) is 3.70. The van der Waals surface area contributed by atoms with Crippen LogP contribution in [0.15, 0.2) is 28.8 Å². The molecule has 2 rings (SSSR count). The van der Waals surface area contributed by atoms with Gasteiger partial charge in [-0.1, -0.05) is 28.4 Å². The van der Waals surface area contributed by atoms with Gasteiger partial charge in [0.25, 0.3) is 5.91 Å². The third-order valence-electron chi connectivity index (χ3n) is 2.40. The summed E-state index contributed by atoms with van der Waals surface area (Å²) in [7, 11) is 0. The van der Waals surface area contributed by atoms with Crippen LogP contribution in [0.25, 0.3) is 0 Å². The molecule has 20 heavy (non-hydrogen) atoms. The maximum absolute atomic E-state index is 11.9. The zero-order valence-electron chi connectivity index (χ0n) is 10.8. The molecule has 1 aromatic heterocycles. The molecule has 0 aliphatic heterocycles. The first-order valence-corrected chi connectivity index (χ1v) is 6.56. The van der Waals surface area contributed by atoms with Gasteiger partial charge in [-0.05, 0) is 32.0 Å². The van der Waals surface area contributed by atoms with E-state index in [2.05, 4.69) is 10.5 Å². The number of aromatic nitrogens is 1. The molecule has 1 N–H and O–H groups in total. The maximum Gasteiger partial charge on any atom is 0.266 e. The van der Waals surface area contributed by atoms with Crippen molar-refractivity contribution in [2.24, 2.45) is 0 Å². The zero-order chi connectivity index (χ0) is 14.7. The monoisotopic (exact) mass is 314 g/mol. The molecule has 2 aromatic rings.